The third kappa shape index (κ3) is 8.76. The molecule has 0 amide bonds. The molecule has 0 aromatic heterocycles. The molecule has 0 heterocycles. The normalized spacial score (nSPS) is 15.3. The molecule has 0 aliphatic carbocycles. The smallest absolute Gasteiger partial charge is 0.126 e. The molecule has 0 fully saturated rings. The molecule has 0 aromatic carbocycles. The number of aliphatic hydroxyl groups excluding tert-OH is 2. The fourth-order valence-corrected chi connectivity index (χ4v) is 1.87. The van der Waals surface area contributed by atoms with Crippen LogP contribution in [0, 0.1) is 0 Å². The molecule has 7 heteroatoms. The van der Waals surface area contributed by atoms with Crippen molar-refractivity contribution in [2.75, 3.05) is 39.5 Å². The summed E-state index contributed by atoms with van der Waals surface area (Å²) in [6.07, 6.45) is -0.555. The predicted molar refractivity (Wildman–Crippen MR) is 54.1 cm³/mol. The predicted octanol–water partition coefficient (Wildman–Crippen LogP) is -1.65. The van der Waals surface area contributed by atoms with Gasteiger partial charge in [0.25, 0.3) is 0 Å². The highest BCUT2D eigenvalue weighted by molar-refractivity contribution is 7.85. The maximum Gasteiger partial charge on any atom is 0.126 e. The number of nitrogens with zero attached hydrogens (tertiary/aromatic N) is 1. The van der Waals surface area contributed by atoms with Crippen LogP contribution in [0.3, 0.4) is 0 Å². The average molecular weight is 241 g/mol. The summed E-state index contributed by atoms with van der Waals surface area (Å²) in [5.41, 5.74) is 0. The van der Waals surface area contributed by atoms with Crippen molar-refractivity contribution in [1.29, 1.82) is 0 Å². The molecule has 0 spiro atoms. The lowest BCUT2D eigenvalue weighted by Crippen LogP contribution is -2.47. The molecule has 0 aliphatic rings. The van der Waals surface area contributed by atoms with Crippen LogP contribution in [-0.4, -0.2) is 73.3 Å². The van der Waals surface area contributed by atoms with Crippen molar-refractivity contribution in [2.45, 2.75) is 12.5 Å². The van der Waals surface area contributed by atoms with Gasteiger partial charge < -0.3 is 19.2 Å². The molecule has 1 unspecified atom stereocenters. The number of hydrogen-bond donors (Lipinski definition) is 2. The maximum absolute atomic E-state index is 10.3. The lowest BCUT2D eigenvalue weighted by Gasteiger charge is -2.31. The van der Waals surface area contributed by atoms with Gasteiger partial charge in [-0.25, -0.2) is 8.42 Å². The van der Waals surface area contributed by atoms with Crippen LogP contribution in [0.5, 0.6) is 0 Å². The second kappa shape index (κ2) is 5.76. The summed E-state index contributed by atoms with van der Waals surface area (Å²) in [6, 6.07) is 0. The molecule has 0 bridgehead atoms. The van der Waals surface area contributed by atoms with Gasteiger partial charge in [0.05, 0.1) is 37.4 Å². The molecule has 0 radical (unpaired) electrons. The molecule has 6 nitrogen and oxygen atoms in total. The highest BCUT2D eigenvalue weighted by atomic mass is 32.2. The minimum atomic E-state index is -4.15. The molecule has 0 rings (SSSR count). The third-order valence-corrected chi connectivity index (χ3v) is 2.86. The van der Waals surface area contributed by atoms with Gasteiger partial charge in [-0.2, -0.15) is 0 Å². The van der Waals surface area contributed by atoms with Gasteiger partial charge in [0, 0.05) is 12.2 Å². The Bertz CT molecular complexity index is 275. The van der Waals surface area contributed by atoms with E-state index in [4.69, 9.17) is 5.11 Å². The Kier molecular flexibility index (Phi) is 5.68. The molecule has 0 saturated heterocycles. The molecular weight excluding hydrogens is 222 g/mol. The Morgan fingerprint density at radius 2 is 1.93 bits per heavy atom. The number of aliphatic hydroxyl groups is 2. The van der Waals surface area contributed by atoms with Crippen LogP contribution in [0.15, 0.2) is 0 Å². The average Bonchev–Trinajstić information content (AvgIpc) is 2.00. The summed E-state index contributed by atoms with van der Waals surface area (Å²) in [6.45, 7) is 0.482. The van der Waals surface area contributed by atoms with Crippen LogP contribution in [0.1, 0.15) is 6.42 Å². The summed E-state index contributed by atoms with van der Waals surface area (Å²) >= 11 is 0. The quantitative estimate of drug-likeness (QED) is 0.411. The molecule has 0 aromatic rings. The summed E-state index contributed by atoms with van der Waals surface area (Å²) < 4.78 is 31.4. The molecule has 2 N–H and O–H groups in total. The Morgan fingerprint density at radius 1 is 1.40 bits per heavy atom. The summed E-state index contributed by atoms with van der Waals surface area (Å²) in [5, 5.41) is 17.9. The van der Waals surface area contributed by atoms with Gasteiger partial charge in [-0.05, 0) is 0 Å². The van der Waals surface area contributed by atoms with Crippen molar-refractivity contribution in [3.05, 3.63) is 0 Å². The molecule has 15 heavy (non-hydrogen) atoms. The molecular formula is C8H19NO5S. The number of quaternary nitrogens is 1. The second-order valence-corrected chi connectivity index (χ2v) is 5.82. The highest BCUT2D eigenvalue weighted by Crippen LogP contribution is 2.02. The molecule has 92 valence electrons. The van der Waals surface area contributed by atoms with Gasteiger partial charge in [0.1, 0.15) is 12.6 Å². The fourth-order valence-electron chi connectivity index (χ4n) is 1.39. The minimum Gasteiger partial charge on any atom is -0.748 e. The zero-order valence-corrected chi connectivity index (χ0v) is 9.90. The molecule has 0 saturated carbocycles. The summed E-state index contributed by atoms with van der Waals surface area (Å²) in [5.74, 6) is -0.385. The van der Waals surface area contributed by atoms with E-state index in [2.05, 4.69) is 0 Å². The maximum atomic E-state index is 10.3. The van der Waals surface area contributed by atoms with E-state index in [0.717, 1.165) is 0 Å². The van der Waals surface area contributed by atoms with Crippen molar-refractivity contribution in [2.24, 2.45) is 0 Å². The monoisotopic (exact) mass is 241 g/mol. The second-order valence-electron chi connectivity index (χ2n) is 4.29. The Balaban J connectivity index is 3.94. The van der Waals surface area contributed by atoms with Gasteiger partial charge in [-0.15, -0.1) is 0 Å². The first-order valence-electron chi connectivity index (χ1n) is 4.71. The van der Waals surface area contributed by atoms with Crippen molar-refractivity contribution >= 4 is 10.1 Å². The Hall–Kier alpha value is -0.210. The van der Waals surface area contributed by atoms with E-state index in [9.17, 15) is 18.1 Å². The van der Waals surface area contributed by atoms with E-state index in [-0.39, 0.29) is 18.8 Å². The van der Waals surface area contributed by atoms with E-state index in [1.807, 2.05) is 0 Å². The van der Waals surface area contributed by atoms with E-state index >= 15 is 0 Å². The summed E-state index contributed by atoms with van der Waals surface area (Å²) in [4.78, 5) is 0. The van der Waals surface area contributed by atoms with Crippen molar-refractivity contribution in [1.82, 2.24) is 0 Å². The van der Waals surface area contributed by atoms with Crippen molar-refractivity contribution in [3.8, 4) is 0 Å². The van der Waals surface area contributed by atoms with E-state index in [1.54, 1.807) is 14.1 Å². The third-order valence-electron chi connectivity index (χ3n) is 2.07. The summed E-state index contributed by atoms with van der Waals surface area (Å²) in [7, 11) is -0.549. The zero-order chi connectivity index (χ0) is 12.1. The lowest BCUT2D eigenvalue weighted by atomic mass is 10.3. The largest absolute Gasteiger partial charge is 0.748 e. The van der Waals surface area contributed by atoms with Crippen molar-refractivity contribution in [3.63, 3.8) is 0 Å². The van der Waals surface area contributed by atoms with E-state index < -0.39 is 16.2 Å². The first-order valence-corrected chi connectivity index (χ1v) is 6.28. The van der Waals surface area contributed by atoms with Crippen LogP contribution < -0.4 is 0 Å². The first kappa shape index (κ1) is 14.8. The number of likely N-dealkylation sites (N-methyl/N-ethyl adjacent to an activating group) is 1. The van der Waals surface area contributed by atoms with Gasteiger partial charge in [0.15, 0.2) is 0 Å². The molecule has 1 atom stereocenters. The van der Waals surface area contributed by atoms with E-state index in [0.29, 0.717) is 17.6 Å². The van der Waals surface area contributed by atoms with Gasteiger partial charge in [0.2, 0.25) is 0 Å². The first-order chi connectivity index (χ1) is 6.66. The van der Waals surface area contributed by atoms with Crippen LogP contribution in [0.4, 0.5) is 0 Å². The zero-order valence-electron chi connectivity index (χ0n) is 9.09. The number of rotatable bonds is 7. The number of hydrogen-bond acceptors (Lipinski definition) is 5. The van der Waals surface area contributed by atoms with E-state index in [1.165, 1.54) is 0 Å². The minimum absolute atomic E-state index is 0.261. The highest BCUT2D eigenvalue weighted by Gasteiger charge is 2.19. The standard InChI is InChI=1S/C8H19NO5S/c1-9(2,6-8(11)7-10)4-3-5-15(12,13)14/h8,10-11H,3-7H2,1-2H3. The lowest BCUT2D eigenvalue weighted by molar-refractivity contribution is -0.893. The fraction of sp³-hybridized carbons (Fsp3) is 1.00. The SMILES string of the molecule is C[N+](C)(CCCS(=O)(=O)[O-])CC(O)CO. The van der Waals surface area contributed by atoms with Crippen LogP contribution in [0.25, 0.3) is 0 Å². The van der Waals surface area contributed by atoms with Gasteiger partial charge >= 0.3 is 0 Å². The van der Waals surface area contributed by atoms with Gasteiger partial charge in [-0.3, -0.25) is 0 Å². The van der Waals surface area contributed by atoms with Gasteiger partial charge in [-0.1, -0.05) is 0 Å². The van der Waals surface area contributed by atoms with Crippen molar-refractivity contribution < 1.29 is 27.7 Å². The van der Waals surface area contributed by atoms with Crippen LogP contribution in [-0.2, 0) is 10.1 Å². The Labute approximate surface area is 90.5 Å². The Morgan fingerprint density at radius 3 is 2.33 bits per heavy atom. The van der Waals surface area contributed by atoms with Crippen LogP contribution in [0.2, 0.25) is 0 Å². The molecule has 0 aliphatic heterocycles. The topological polar surface area (TPSA) is 97.7 Å². The van der Waals surface area contributed by atoms with Crippen LogP contribution >= 0.6 is 0 Å².